The van der Waals surface area contributed by atoms with Crippen LogP contribution in [0, 0.1) is 0 Å². The Kier molecular flexibility index (Phi) is 8.11. The molecule has 1 rings (SSSR count). The second kappa shape index (κ2) is 9.82. The van der Waals surface area contributed by atoms with Gasteiger partial charge in [-0.3, -0.25) is 19.2 Å². The summed E-state index contributed by atoms with van der Waals surface area (Å²) in [7, 11) is 0. The smallest absolute Gasteiger partial charge is 0.289 e. The lowest BCUT2D eigenvalue weighted by Gasteiger charge is -2.25. The number of nitrogens with two attached hydrogens (primary N) is 1. The molecule has 1 fully saturated rings. The van der Waals surface area contributed by atoms with Crippen molar-refractivity contribution in [1.29, 1.82) is 0 Å². The van der Waals surface area contributed by atoms with Gasteiger partial charge in [0.05, 0.1) is 12.6 Å². The molecule has 0 aromatic heterocycles. The number of carbonyl (C=O) groups is 4. The zero-order valence-corrected chi connectivity index (χ0v) is 14.0. The van der Waals surface area contributed by atoms with E-state index in [1.807, 2.05) is 6.92 Å². The fourth-order valence-corrected chi connectivity index (χ4v) is 2.69. The van der Waals surface area contributed by atoms with Gasteiger partial charge in [0.25, 0.3) is 5.91 Å². The maximum Gasteiger partial charge on any atom is 0.289 e. The maximum absolute atomic E-state index is 12.5. The van der Waals surface area contributed by atoms with E-state index in [0.29, 0.717) is 32.2 Å². The number of nitrogens with zero attached hydrogens (tertiary/aromatic N) is 1. The normalized spacial score (nSPS) is 17.9. The van der Waals surface area contributed by atoms with Crippen molar-refractivity contribution < 1.29 is 19.2 Å². The SMILES string of the molecule is C=CCNC(=O)C(=O)C(CCC)NC(=O)C1CCCN1C(=O)CN. The van der Waals surface area contributed by atoms with E-state index < -0.39 is 29.7 Å². The summed E-state index contributed by atoms with van der Waals surface area (Å²) in [5.74, 6) is -2.16. The van der Waals surface area contributed by atoms with Gasteiger partial charge in [0.2, 0.25) is 17.6 Å². The van der Waals surface area contributed by atoms with Crippen molar-refractivity contribution in [2.75, 3.05) is 19.6 Å². The Bertz CT molecular complexity index is 506. The van der Waals surface area contributed by atoms with Crippen molar-refractivity contribution in [2.24, 2.45) is 5.73 Å². The molecule has 8 nitrogen and oxygen atoms in total. The van der Waals surface area contributed by atoms with Crippen LogP contribution >= 0.6 is 0 Å². The lowest BCUT2D eigenvalue weighted by Crippen LogP contribution is -2.53. The molecule has 1 saturated heterocycles. The van der Waals surface area contributed by atoms with Crippen LogP contribution in [-0.2, 0) is 19.2 Å². The van der Waals surface area contributed by atoms with Gasteiger partial charge in [-0.2, -0.15) is 0 Å². The predicted octanol–water partition coefficient (Wildman–Crippen LogP) is -0.908. The third kappa shape index (κ3) is 5.16. The molecule has 0 spiro atoms. The molecule has 0 bridgehead atoms. The standard InChI is InChI=1S/C16H26N4O4/c1-3-6-11(14(22)16(24)18-8-4-2)19-15(23)12-7-5-9-20(12)13(21)10-17/h4,11-12H,2-3,5-10,17H2,1H3,(H,18,24)(H,19,23). The molecular formula is C16H26N4O4. The third-order valence-electron chi connectivity index (χ3n) is 3.89. The van der Waals surface area contributed by atoms with Crippen LogP contribution in [0.25, 0.3) is 0 Å². The van der Waals surface area contributed by atoms with E-state index in [2.05, 4.69) is 17.2 Å². The summed E-state index contributed by atoms with van der Waals surface area (Å²) in [5.41, 5.74) is 5.36. The highest BCUT2D eigenvalue weighted by Crippen LogP contribution is 2.17. The summed E-state index contributed by atoms with van der Waals surface area (Å²) in [4.78, 5) is 49.7. The molecule has 0 aromatic rings. The van der Waals surface area contributed by atoms with Crippen molar-refractivity contribution >= 4 is 23.5 Å². The van der Waals surface area contributed by atoms with Crippen molar-refractivity contribution in [3.63, 3.8) is 0 Å². The highest BCUT2D eigenvalue weighted by atomic mass is 16.2. The number of hydrogen-bond donors (Lipinski definition) is 3. The van der Waals surface area contributed by atoms with Crippen LogP contribution in [0.15, 0.2) is 12.7 Å². The number of amides is 3. The van der Waals surface area contributed by atoms with Crippen molar-refractivity contribution in [1.82, 2.24) is 15.5 Å². The molecule has 0 radical (unpaired) electrons. The summed E-state index contributed by atoms with van der Waals surface area (Å²) >= 11 is 0. The van der Waals surface area contributed by atoms with Crippen LogP contribution in [0.4, 0.5) is 0 Å². The molecule has 134 valence electrons. The Morgan fingerprint density at radius 2 is 2.08 bits per heavy atom. The molecule has 2 unspecified atom stereocenters. The lowest BCUT2D eigenvalue weighted by atomic mass is 10.1. The molecule has 2 atom stereocenters. The number of ketones is 1. The first-order valence-corrected chi connectivity index (χ1v) is 8.19. The van der Waals surface area contributed by atoms with Gasteiger partial charge >= 0.3 is 0 Å². The van der Waals surface area contributed by atoms with Gasteiger partial charge in [-0.05, 0) is 19.3 Å². The van der Waals surface area contributed by atoms with Gasteiger partial charge in [-0.25, -0.2) is 0 Å². The average Bonchev–Trinajstić information content (AvgIpc) is 3.07. The third-order valence-corrected chi connectivity index (χ3v) is 3.89. The quantitative estimate of drug-likeness (QED) is 0.371. The summed E-state index contributed by atoms with van der Waals surface area (Å²) < 4.78 is 0. The minimum Gasteiger partial charge on any atom is -0.346 e. The Hall–Kier alpha value is -2.22. The summed E-state index contributed by atoms with van der Waals surface area (Å²) in [6.45, 7) is 5.81. The van der Waals surface area contributed by atoms with E-state index in [4.69, 9.17) is 5.73 Å². The van der Waals surface area contributed by atoms with E-state index in [-0.39, 0.29) is 19.0 Å². The molecule has 1 aliphatic rings. The van der Waals surface area contributed by atoms with E-state index in [0.717, 1.165) is 0 Å². The van der Waals surface area contributed by atoms with E-state index >= 15 is 0 Å². The first-order chi connectivity index (χ1) is 11.5. The molecule has 0 aliphatic carbocycles. The number of rotatable bonds is 9. The van der Waals surface area contributed by atoms with Crippen molar-refractivity contribution in [3.8, 4) is 0 Å². The van der Waals surface area contributed by atoms with Crippen molar-refractivity contribution in [3.05, 3.63) is 12.7 Å². The Morgan fingerprint density at radius 3 is 2.67 bits per heavy atom. The topological polar surface area (TPSA) is 122 Å². The first kappa shape index (κ1) is 19.8. The van der Waals surface area contributed by atoms with Crippen LogP contribution in [0.2, 0.25) is 0 Å². The van der Waals surface area contributed by atoms with Gasteiger partial charge in [0, 0.05) is 13.1 Å². The fraction of sp³-hybridized carbons (Fsp3) is 0.625. The van der Waals surface area contributed by atoms with E-state index in [9.17, 15) is 19.2 Å². The van der Waals surface area contributed by atoms with Gasteiger partial charge in [-0.1, -0.05) is 19.4 Å². The molecular weight excluding hydrogens is 312 g/mol. The number of Topliss-reactive ketones (excluding diaryl/α,β-unsaturated/α-hetero) is 1. The minimum absolute atomic E-state index is 0.162. The Balaban J connectivity index is 2.74. The van der Waals surface area contributed by atoms with Crippen LogP contribution < -0.4 is 16.4 Å². The second-order valence-corrected chi connectivity index (χ2v) is 5.66. The molecule has 4 N–H and O–H groups in total. The summed E-state index contributed by atoms with van der Waals surface area (Å²) in [6.07, 6.45) is 3.67. The highest BCUT2D eigenvalue weighted by Gasteiger charge is 2.35. The molecule has 1 heterocycles. The number of carbonyl (C=O) groups excluding carboxylic acids is 4. The fourth-order valence-electron chi connectivity index (χ4n) is 2.69. The minimum atomic E-state index is -0.900. The zero-order valence-electron chi connectivity index (χ0n) is 14.0. The number of likely N-dealkylation sites (tertiary alicyclic amines) is 1. The van der Waals surface area contributed by atoms with E-state index in [1.165, 1.54) is 11.0 Å². The van der Waals surface area contributed by atoms with Crippen LogP contribution in [-0.4, -0.2) is 60.1 Å². The highest BCUT2D eigenvalue weighted by molar-refractivity contribution is 6.38. The molecule has 3 amide bonds. The molecule has 0 aromatic carbocycles. The second-order valence-electron chi connectivity index (χ2n) is 5.66. The predicted molar refractivity (Wildman–Crippen MR) is 88.8 cm³/mol. The molecule has 24 heavy (non-hydrogen) atoms. The summed E-state index contributed by atoms with van der Waals surface area (Å²) in [5, 5.41) is 5.03. The van der Waals surface area contributed by atoms with Gasteiger partial charge in [-0.15, -0.1) is 6.58 Å². The number of nitrogens with one attached hydrogen (secondary N) is 2. The van der Waals surface area contributed by atoms with Crippen LogP contribution in [0.3, 0.4) is 0 Å². The monoisotopic (exact) mass is 338 g/mol. The Morgan fingerprint density at radius 1 is 1.38 bits per heavy atom. The number of hydrogen-bond acceptors (Lipinski definition) is 5. The van der Waals surface area contributed by atoms with Crippen LogP contribution in [0.5, 0.6) is 0 Å². The zero-order chi connectivity index (χ0) is 18.1. The average molecular weight is 338 g/mol. The molecule has 0 saturated carbocycles. The molecule has 8 heteroatoms. The van der Waals surface area contributed by atoms with Gasteiger partial charge in [0.15, 0.2) is 0 Å². The molecule has 1 aliphatic heterocycles. The van der Waals surface area contributed by atoms with Crippen LogP contribution in [0.1, 0.15) is 32.6 Å². The van der Waals surface area contributed by atoms with E-state index in [1.54, 1.807) is 0 Å². The maximum atomic E-state index is 12.5. The Labute approximate surface area is 141 Å². The lowest BCUT2D eigenvalue weighted by molar-refractivity contribution is -0.141. The summed E-state index contributed by atoms with van der Waals surface area (Å²) in [6, 6.07) is -1.54. The van der Waals surface area contributed by atoms with Gasteiger partial charge in [0.1, 0.15) is 6.04 Å². The van der Waals surface area contributed by atoms with Crippen molar-refractivity contribution in [2.45, 2.75) is 44.7 Å². The van der Waals surface area contributed by atoms with Gasteiger partial charge < -0.3 is 21.3 Å². The first-order valence-electron chi connectivity index (χ1n) is 8.19. The largest absolute Gasteiger partial charge is 0.346 e.